The molecular formula is C23H18N8O. The summed E-state index contributed by atoms with van der Waals surface area (Å²) in [4.78, 5) is 24.5. The zero-order valence-electron chi connectivity index (χ0n) is 16.9. The van der Waals surface area contributed by atoms with E-state index in [1.165, 1.54) is 12.4 Å². The van der Waals surface area contributed by atoms with Gasteiger partial charge in [0.25, 0.3) is 0 Å². The molecule has 0 atom stereocenters. The number of anilines is 3. The van der Waals surface area contributed by atoms with Gasteiger partial charge in [-0.3, -0.25) is 4.79 Å². The summed E-state index contributed by atoms with van der Waals surface area (Å²) in [6.45, 7) is 4.08. The van der Waals surface area contributed by atoms with Gasteiger partial charge in [-0.05, 0) is 35.9 Å². The number of fused-ring (bicyclic) bond motifs is 2. The van der Waals surface area contributed by atoms with Crippen LogP contribution in [0.25, 0.3) is 21.9 Å². The number of amides is 1. The molecule has 0 bridgehead atoms. The number of hydrogen-bond acceptors (Lipinski definition) is 7. The predicted molar refractivity (Wildman–Crippen MR) is 123 cm³/mol. The Hall–Kier alpha value is -4.66. The molecule has 5 rings (SSSR count). The second-order valence-electron chi connectivity index (χ2n) is 7.06. The van der Waals surface area contributed by atoms with E-state index in [1.54, 1.807) is 12.3 Å². The highest BCUT2D eigenvalue weighted by atomic mass is 16.1. The minimum absolute atomic E-state index is 0.340. The van der Waals surface area contributed by atoms with Gasteiger partial charge in [0.15, 0.2) is 0 Å². The minimum Gasteiger partial charge on any atom is -0.340 e. The minimum atomic E-state index is -0.340. The maximum absolute atomic E-state index is 11.6. The van der Waals surface area contributed by atoms with Gasteiger partial charge in [0.1, 0.15) is 23.5 Å². The summed E-state index contributed by atoms with van der Waals surface area (Å²) in [5.74, 6) is 0.640. The topological polar surface area (TPSA) is 111 Å². The fourth-order valence-corrected chi connectivity index (χ4v) is 3.36. The van der Waals surface area contributed by atoms with Gasteiger partial charge in [0.2, 0.25) is 5.91 Å². The molecule has 0 aliphatic rings. The fraction of sp³-hybridized carbons (Fsp3) is 0.0435. The van der Waals surface area contributed by atoms with E-state index in [0.29, 0.717) is 23.7 Å². The van der Waals surface area contributed by atoms with E-state index in [0.717, 1.165) is 27.7 Å². The molecule has 9 nitrogen and oxygen atoms in total. The van der Waals surface area contributed by atoms with Crippen molar-refractivity contribution in [3.63, 3.8) is 0 Å². The van der Waals surface area contributed by atoms with E-state index >= 15 is 0 Å². The lowest BCUT2D eigenvalue weighted by Gasteiger charge is -2.10. The van der Waals surface area contributed by atoms with Crippen LogP contribution in [0.1, 0.15) is 5.56 Å². The Morgan fingerprint density at radius 2 is 1.91 bits per heavy atom. The van der Waals surface area contributed by atoms with Gasteiger partial charge < -0.3 is 10.6 Å². The lowest BCUT2D eigenvalue weighted by atomic mass is 10.2. The van der Waals surface area contributed by atoms with Crippen molar-refractivity contribution < 1.29 is 4.79 Å². The maximum atomic E-state index is 11.6. The first-order valence-electron chi connectivity index (χ1n) is 9.88. The average Bonchev–Trinajstić information content (AvgIpc) is 3.22. The third-order valence-corrected chi connectivity index (χ3v) is 4.91. The number of carbonyl (C=O) groups excluding carboxylic acids is 1. The molecule has 2 aromatic carbocycles. The maximum Gasteiger partial charge on any atom is 0.248 e. The monoisotopic (exact) mass is 422 g/mol. The van der Waals surface area contributed by atoms with E-state index in [1.807, 2.05) is 41.1 Å². The second kappa shape index (κ2) is 8.23. The van der Waals surface area contributed by atoms with Crippen molar-refractivity contribution in [2.45, 2.75) is 6.54 Å². The van der Waals surface area contributed by atoms with E-state index < -0.39 is 0 Å². The highest BCUT2D eigenvalue weighted by Crippen LogP contribution is 2.26. The Kier molecular flexibility index (Phi) is 4.97. The fourth-order valence-electron chi connectivity index (χ4n) is 3.36. The van der Waals surface area contributed by atoms with E-state index in [9.17, 15) is 4.79 Å². The Morgan fingerprint density at radius 1 is 1.03 bits per heavy atom. The van der Waals surface area contributed by atoms with Crippen LogP contribution in [-0.2, 0) is 11.3 Å². The summed E-state index contributed by atoms with van der Waals surface area (Å²) in [6, 6.07) is 17.6. The second-order valence-corrected chi connectivity index (χ2v) is 7.06. The Morgan fingerprint density at radius 3 is 2.75 bits per heavy atom. The third kappa shape index (κ3) is 3.86. The first-order chi connectivity index (χ1) is 15.7. The molecule has 0 spiro atoms. The van der Waals surface area contributed by atoms with Crippen LogP contribution < -0.4 is 10.6 Å². The molecule has 0 saturated carbocycles. The summed E-state index contributed by atoms with van der Waals surface area (Å²) in [6.07, 6.45) is 4.24. The smallest absolute Gasteiger partial charge is 0.248 e. The van der Waals surface area contributed by atoms with Crippen LogP contribution in [0, 0.1) is 0 Å². The number of carbonyl (C=O) groups is 1. The van der Waals surface area contributed by atoms with E-state index in [-0.39, 0.29) is 5.91 Å². The van der Waals surface area contributed by atoms with Gasteiger partial charge >= 0.3 is 0 Å². The van der Waals surface area contributed by atoms with Crippen molar-refractivity contribution in [1.29, 1.82) is 0 Å². The number of aromatic nitrogens is 6. The number of nitrogens with one attached hydrogen (secondary N) is 2. The van der Waals surface area contributed by atoms with Crippen LogP contribution in [0.15, 0.2) is 79.8 Å². The van der Waals surface area contributed by atoms with Crippen molar-refractivity contribution in [2.75, 3.05) is 10.6 Å². The Bertz CT molecular complexity index is 1440. The summed E-state index contributed by atoms with van der Waals surface area (Å²) < 4.78 is 1.86. The van der Waals surface area contributed by atoms with Gasteiger partial charge in [-0.25, -0.2) is 19.6 Å². The highest BCUT2D eigenvalue weighted by Gasteiger charge is 2.10. The summed E-state index contributed by atoms with van der Waals surface area (Å²) in [7, 11) is 0. The van der Waals surface area contributed by atoms with Gasteiger partial charge in [-0.2, -0.15) is 0 Å². The lowest BCUT2D eigenvalue weighted by molar-refractivity contribution is -0.111. The standard InChI is InChI=1S/C23H18N8O/c1-2-22(32)28-21-11-17-19(12-24-21)25-14-26-23(17)27-16-8-9-18-20(10-16)31(30-29-18)13-15-6-4-3-5-7-15/h2-12,14H,1,13H2,(H,24,28,32)(H,25,26,27). The average molecular weight is 422 g/mol. The van der Waals surface area contributed by atoms with Crippen LogP contribution in [0.2, 0.25) is 0 Å². The molecule has 1 amide bonds. The van der Waals surface area contributed by atoms with Crippen molar-refractivity contribution >= 4 is 45.2 Å². The van der Waals surface area contributed by atoms with Crippen molar-refractivity contribution in [2.24, 2.45) is 0 Å². The zero-order chi connectivity index (χ0) is 21.9. The summed E-state index contributed by atoms with van der Waals surface area (Å²) in [5, 5.41) is 15.3. The number of rotatable bonds is 6. The largest absolute Gasteiger partial charge is 0.340 e. The number of hydrogen-bond donors (Lipinski definition) is 2. The molecule has 0 aliphatic heterocycles. The molecule has 0 unspecified atom stereocenters. The molecule has 0 aliphatic carbocycles. The molecule has 5 aromatic rings. The van der Waals surface area contributed by atoms with Crippen LogP contribution in [0.4, 0.5) is 17.3 Å². The predicted octanol–water partition coefficient (Wildman–Crippen LogP) is 3.69. The zero-order valence-corrected chi connectivity index (χ0v) is 16.9. The lowest BCUT2D eigenvalue weighted by Crippen LogP contribution is -2.09. The quantitative estimate of drug-likeness (QED) is 0.402. The van der Waals surface area contributed by atoms with Crippen LogP contribution in [0.3, 0.4) is 0 Å². The van der Waals surface area contributed by atoms with Gasteiger partial charge in [0.05, 0.1) is 23.8 Å². The first kappa shape index (κ1) is 19.3. The van der Waals surface area contributed by atoms with E-state index in [2.05, 4.69) is 54.6 Å². The molecular weight excluding hydrogens is 404 g/mol. The third-order valence-electron chi connectivity index (χ3n) is 4.91. The molecule has 0 radical (unpaired) electrons. The van der Waals surface area contributed by atoms with Crippen LogP contribution >= 0.6 is 0 Å². The van der Waals surface area contributed by atoms with Gasteiger partial charge in [0, 0.05) is 11.1 Å². The number of nitrogens with zero attached hydrogens (tertiary/aromatic N) is 6. The Labute approximate surface area is 182 Å². The van der Waals surface area contributed by atoms with Crippen LogP contribution in [-0.4, -0.2) is 35.9 Å². The molecule has 156 valence electrons. The molecule has 0 fully saturated rings. The van der Waals surface area contributed by atoms with Gasteiger partial charge in [-0.15, -0.1) is 5.10 Å². The molecule has 9 heteroatoms. The number of pyridine rings is 1. The molecule has 32 heavy (non-hydrogen) atoms. The van der Waals surface area contributed by atoms with Gasteiger partial charge in [-0.1, -0.05) is 42.1 Å². The first-order valence-corrected chi connectivity index (χ1v) is 9.88. The van der Waals surface area contributed by atoms with Crippen LogP contribution in [0.5, 0.6) is 0 Å². The Balaban J connectivity index is 1.48. The number of benzene rings is 2. The van der Waals surface area contributed by atoms with Crippen molar-refractivity contribution in [1.82, 2.24) is 29.9 Å². The highest BCUT2D eigenvalue weighted by molar-refractivity contribution is 6.00. The normalized spacial score (nSPS) is 10.9. The summed E-state index contributed by atoms with van der Waals surface area (Å²) in [5.41, 5.74) is 4.31. The molecule has 3 aromatic heterocycles. The summed E-state index contributed by atoms with van der Waals surface area (Å²) >= 11 is 0. The SMILES string of the molecule is C=CC(=O)Nc1cc2c(Nc3ccc4nnn(Cc5ccccc5)c4c3)ncnc2cn1. The molecule has 0 saturated heterocycles. The van der Waals surface area contributed by atoms with Crippen molar-refractivity contribution in [3.05, 3.63) is 85.3 Å². The molecule has 3 heterocycles. The van der Waals surface area contributed by atoms with E-state index in [4.69, 9.17) is 0 Å². The molecule has 2 N–H and O–H groups in total. The van der Waals surface area contributed by atoms with Crippen molar-refractivity contribution in [3.8, 4) is 0 Å².